The first-order valence-electron chi connectivity index (χ1n) is 6.34. The van der Waals surface area contributed by atoms with E-state index in [-0.39, 0.29) is 5.95 Å². The summed E-state index contributed by atoms with van der Waals surface area (Å²) in [5.74, 6) is 1.61. The zero-order chi connectivity index (χ0) is 14.7. The van der Waals surface area contributed by atoms with Gasteiger partial charge in [-0.25, -0.2) is 4.98 Å². The molecular weight excluding hydrogens is 270 g/mol. The summed E-state index contributed by atoms with van der Waals surface area (Å²) in [5, 5.41) is 0. The number of imidazole rings is 1. The molecule has 106 valence electrons. The lowest BCUT2D eigenvalue weighted by atomic mass is 10.2. The minimum atomic E-state index is 0.130. The molecule has 3 heterocycles. The number of hydrogen-bond donors (Lipinski definition) is 1. The van der Waals surface area contributed by atoms with Crippen molar-refractivity contribution in [2.45, 2.75) is 6.92 Å². The van der Waals surface area contributed by atoms with Gasteiger partial charge in [0, 0.05) is 24.2 Å². The largest absolute Gasteiger partial charge is 0.492 e. The van der Waals surface area contributed by atoms with E-state index in [4.69, 9.17) is 10.5 Å². The molecule has 0 aliphatic rings. The predicted octanol–water partition coefficient (Wildman–Crippen LogP) is 1.10. The number of anilines is 1. The minimum Gasteiger partial charge on any atom is -0.492 e. The van der Waals surface area contributed by atoms with Crippen LogP contribution in [0.5, 0.6) is 5.75 Å². The molecule has 0 aromatic carbocycles. The van der Waals surface area contributed by atoms with Crippen molar-refractivity contribution in [1.82, 2.24) is 29.5 Å². The highest BCUT2D eigenvalue weighted by Crippen LogP contribution is 2.20. The molecule has 0 aliphatic carbocycles. The molecule has 0 saturated heterocycles. The maximum absolute atomic E-state index is 5.75. The van der Waals surface area contributed by atoms with Gasteiger partial charge in [0.05, 0.1) is 12.8 Å². The maximum atomic E-state index is 5.75. The Labute approximate surface area is 120 Å². The van der Waals surface area contributed by atoms with Gasteiger partial charge in [0.1, 0.15) is 12.1 Å². The van der Waals surface area contributed by atoms with Crippen molar-refractivity contribution in [2.24, 2.45) is 0 Å². The predicted molar refractivity (Wildman–Crippen MR) is 75.8 cm³/mol. The van der Waals surface area contributed by atoms with Crippen LogP contribution in [0.2, 0.25) is 0 Å². The molecule has 0 bridgehead atoms. The van der Waals surface area contributed by atoms with E-state index in [0.29, 0.717) is 29.7 Å². The van der Waals surface area contributed by atoms with E-state index in [0.717, 1.165) is 0 Å². The Kier molecular flexibility index (Phi) is 3.42. The van der Waals surface area contributed by atoms with E-state index in [9.17, 15) is 0 Å². The molecule has 0 atom stereocenters. The van der Waals surface area contributed by atoms with Gasteiger partial charge in [0.25, 0.3) is 0 Å². The van der Waals surface area contributed by atoms with E-state index >= 15 is 0 Å². The van der Waals surface area contributed by atoms with Crippen LogP contribution < -0.4 is 10.5 Å². The number of rotatable bonds is 4. The molecular formula is C13H13N7O. The highest BCUT2D eigenvalue weighted by Gasteiger charge is 2.09. The van der Waals surface area contributed by atoms with Crippen LogP contribution in [-0.2, 0) is 0 Å². The smallest absolute Gasteiger partial charge is 0.240 e. The summed E-state index contributed by atoms with van der Waals surface area (Å²) in [6.45, 7) is 2.47. The fraction of sp³-hybridized carbons (Fsp3) is 0.154. The third-order valence-electron chi connectivity index (χ3n) is 2.66. The monoisotopic (exact) mass is 283 g/mol. The number of nitrogens with zero attached hydrogens (tertiary/aromatic N) is 6. The van der Waals surface area contributed by atoms with Gasteiger partial charge in [0.2, 0.25) is 11.9 Å². The highest BCUT2D eigenvalue weighted by atomic mass is 16.5. The fourth-order valence-electron chi connectivity index (χ4n) is 1.79. The van der Waals surface area contributed by atoms with E-state index in [1.807, 2.05) is 13.0 Å². The Hall–Kier alpha value is -3.03. The summed E-state index contributed by atoms with van der Waals surface area (Å²) in [6, 6.07) is 1.81. The van der Waals surface area contributed by atoms with Crippen LogP contribution in [0.3, 0.4) is 0 Å². The van der Waals surface area contributed by atoms with Crippen molar-refractivity contribution >= 4 is 5.95 Å². The average molecular weight is 283 g/mol. The standard InChI is InChI=1S/C13H13N7O/c1-2-21-10-5-9(6-16-7-10)11-17-12(14)19-13(18-11)20-4-3-15-8-20/h3-8H,2H2,1H3,(H2,14,17,18,19). The lowest BCUT2D eigenvalue weighted by molar-refractivity contribution is 0.339. The summed E-state index contributed by atoms with van der Waals surface area (Å²) in [6.07, 6.45) is 8.24. The van der Waals surface area contributed by atoms with Crippen LogP contribution in [0.1, 0.15) is 6.92 Å². The molecule has 0 spiro atoms. The number of pyridine rings is 1. The number of nitrogens with two attached hydrogens (primary N) is 1. The molecule has 0 fully saturated rings. The summed E-state index contributed by atoms with van der Waals surface area (Å²) in [4.78, 5) is 20.7. The number of ether oxygens (including phenoxy) is 1. The fourth-order valence-corrected chi connectivity index (χ4v) is 1.79. The molecule has 3 aromatic heterocycles. The zero-order valence-corrected chi connectivity index (χ0v) is 11.3. The second-order valence-corrected chi connectivity index (χ2v) is 4.13. The second-order valence-electron chi connectivity index (χ2n) is 4.13. The Morgan fingerprint density at radius 1 is 1.19 bits per heavy atom. The first kappa shape index (κ1) is 13.0. The van der Waals surface area contributed by atoms with Gasteiger partial charge in [-0.15, -0.1) is 0 Å². The first-order valence-corrected chi connectivity index (χ1v) is 6.34. The van der Waals surface area contributed by atoms with Crippen LogP contribution in [0.25, 0.3) is 17.3 Å². The number of aromatic nitrogens is 6. The normalized spacial score (nSPS) is 10.5. The highest BCUT2D eigenvalue weighted by molar-refractivity contribution is 5.57. The molecule has 3 rings (SSSR count). The van der Waals surface area contributed by atoms with Gasteiger partial charge >= 0.3 is 0 Å². The van der Waals surface area contributed by atoms with Crippen LogP contribution in [-0.4, -0.2) is 36.1 Å². The van der Waals surface area contributed by atoms with Gasteiger partial charge in [-0.3, -0.25) is 9.55 Å². The van der Waals surface area contributed by atoms with Crippen LogP contribution in [0.15, 0.2) is 37.2 Å². The van der Waals surface area contributed by atoms with E-state index in [1.54, 1.807) is 35.7 Å². The van der Waals surface area contributed by atoms with Crippen molar-refractivity contribution in [3.63, 3.8) is 0 Å². The molecule has 2 N–H and O–H groups in total. The third kappa shape index (κ3) is 2.78. The van der Waals surface area contributed by atoms with Crippen LogP contribution >= 0.6 is 0 Å². The lowest BCUT2D eigenvalue weighted by Gasteiger charge is -2.07. The number of hydrogen-bond acceptors (Lipinski definition) is 7. The van der Waals surface area contributed by atoms with Crippen molar-refractivity contribution in [3.05, 3.63) is 37.2 Å². The molecule has 8 nitrogen and oxygen atoms in total. The quantitative estimate of drug-likeness (QED) is 0.764. The Balaban J connectivity index is 2.04. The Morgan fingerprint density at radius 3 is 2.86 bits per heavy atom. The topological polar surface area (TPSA) is 105 Å². The molecule has 0 radical (unpaired) electrons. The van der Waals surface area contributed by atoms with Crippen molar-refractivity contribution in [2.75, 3.05) is 12.3 Å². The summed E-state index contributed by atoms with van der Waals surface area (Å²) in [7, 11) is 0. The van der Waals surface area contributed by atoms with E-state index < -0.39 is 0 Å². The van der Waals surface area contributed by atoms with Crippen molar-refractivity contribution in [1.29, 1.82) is 0 Å². The van der Waals surface area contributed by atoms with Crippen LogP contribution in [0.4, 0.5) is 5.95 Å². The number of nitrogen functional groups attached to an aromatic ring is 1. The third-order valence-corrected chi connectivity index (χ3v) is 2.66. The van der Waals surface area contributed by atoms with Crippen molar-refractivity contribution < 1.29 is 4.74 Å². The molecule has 0 unspecified atom stereocenters. The maximum Gasteiger partial charge on any atom is 0.240 e. The lowest BCUT2D eigenvalue weighted by Crippen LogP contribution is -2.06. The molecule has 0 saturated carbocycles. The first-order chi connectivity index (χ1) is 10.3. The summed E-state index contributed by atoms with van der Waals surface area (Å²) >= 11 is 0. The van der Waals surface area contributed by atoms with Crippen molar-refractivity contribution in [3.8, 4) is 23.1 Å². The van der Waals surface area contributed by atoms with Gasteiger partial charge in [-0.2, -0.15) is 15.0 Å². The van der Waals surface area contributed by atoms with Gasteiger partial charge in [-0.1, -0.05) is 0 Å². The second kappa shape index (κ2) is 5.53. The minimum absolute atomic E-state index is 0.130. The zero-order valence-electron chi connectivity index (χ0n) is 11.3. The summed E-state index contributed by atoms with van der Waals surface area (Å²) < 4.78 is 7.07. The van der Waals surface area contributed by atoms with Gasteiger partial charge in [-0.05, 0) is 13.0 Å². The average Bonchev–Trinajstić information content (AvgIpc) is 3.01. The Morgan fingerprint density at radius 2 is 2.10 bits per heavy atom. The molecule has 0 aliphatic heterocycles. The molecule has 21 heavy (non-hydrogen) atoms. The SMILES string of the molecule is CCOc1cncc(-c2nc(N)nc(-n3ccnc3)n2)c1. The molecule has 3 aromatic rings. The Bertz CT molecular complexity index is 742. The molecule has 0 amide bonds. The van der Waals surface area contributed by atoms with Gasteiger partial charge < -0.3 is 10.5 Å². The van der Waals surface area contributed by atoms with E-state index in [1.165, 1.54) is 0 Å². The van der Waals surface area contributed by atoms with E-state index in [2.05, 4.69) is 24.9 Å². The van der Waals surface area contributed by atoms with Gasteiger partial charge in [0.15, 0.2) is 5.82 Å². The molecule has 8 heteroatoms. The van der Waals surface area contributed by atoms with Crippen LogP contribution in [0, 0.1) is 0 Å². The summed E-state index contributed by atoms with van der Waals surface area (Å²) in [5.41, 5.74) is 6.46.